The van der Waals surface area contributed by atoms with Crippen molar-refractivity contribution in [1.82, 2.24) is 15.2 Å². The molecule has 0 radical (unpaired) electrons. The van der Waals surface area contributed by atoms with Gasteiger partial charge in [0.25, 0.3) is 5.91 Å². The van der Waals surface area contributed by atoms with E-state index in [2.05, 4.69) is 15.6 Å². The van der Waals surface area contributed by atoms with Crippen LogP contribution in [0.2, 0.25) is 0 Å². The summed E-state index contributed by atoms with van der Waals surface area (Å²) >= 11 is 1.58. The van der Waals surface area contributed by atoms with Crippen LogP contribution in [0.3, 0.4) is 0 Å². The average molecular weight is 395 g/mol. The third-order valence-electron chi connectivity index (χ3n) is 4.71. The van der Waals surface area contributed by atoms with Crippen LogP contribution in [0.5, 0.6) is 0 Å². The number of carbonyl (C=O) groups is 2. The molecule has 144 valence electrons. The standard InChI is InChI=1S/C21H22N4O2S/c1-13-7-8-14(20(26)22-15-9-10-15)11-17(13)24-21(27)25(2)12-19-23-16-5-3-4-6-18(16)28-19/h3-8,11,15H,9-10,12H2,1-2H3,(H,22,26)(H,24,27). The summed E-state index contributed by atoms with van der Waals surface area (Å²) in [7, 11) is 1.74. The first-order valence-corrected chi connectivity index (χ1v) is 10.1. The molecule has 2 N–H and O–H groups in total. The van der Waals surface area contributed by atoms with Gasteiger partial charge in [0, 0.05) is 24.3 Å². The molecule has 4 rings (SSSR count). The van der Waals surface area contributed by atoms with Gasteiger partial charge in [0.05, 0.1) is 16.8 Å². The maximum absolute atomic E-state index is 12.6. The number of urea groups is 1. The Kier molecular flexibility index (Phi) is 5.00. The fourth-order valence-corrected chi connectivity index (χ4v) is 3.89. The summed E-state index contributed by atoms with van der Waals surface area (Å²) in [5.74, 6) is -0.0965. The SMILES string of the molecule is Cc1ccc(C(=O)NC2CC2)cc1NC(=O)N(C)Cc1nc2ccccc2s1. The summed E-state index contributed by atoms with van der Waals surface area (Å²) in [6.07, 6.45) is 2.08. The second-order valence-electron chi connectivity index (χ2n) is 7.14. The van der Waals surface area contributed by atoms with Crippen LogP contribution in [-0.2, 0) is 6.54 Å². The van der Waals surface area contributed by atoms with Crippen molar-refractivity contribution in [2.24, 2.45) is 0 Å². The molecule has 0 unspecified atom stereocenters. The van der Waals surface area contributed by atoms with E-state index in [0.29, 0.717) is 23.8 Å². The van der Waals surface area contributed by atoms with Crippen molar-refractivity contribution < 1.29 is 9.59 Å². The second kappa shape index (κ2) is 7.59. The molecular formula is C21H22N4O2S. The topological polar surface area (TPSA) is 74.3 Å². The minimum atomic E-state index is -0.234. The summed E-state index contributed by atoms with van der Waals surface area (Å²) in [5.41, 5.74) is 3.05. The van der Waals surface area contributed by atoms with Crippen LogP contribution in [0.4, 0.5) is 10.5 Å². The molecule has 3 amide bonds. The number of fused-ring (bicyclic) bond motifs is 1. The first-order chi connectivity index (χ1) is 13.5. The first-order valence-electron chi connectivity index (χ1n) is 9.27. The molecule has 1 aliphatic carbocycles. The van der Waals surface area contributed by atoms with Crippen molar-refractivity contribution >= 4 is 39.2 Å². The Bertz CT molecular complexity index is 1010. The summed E-state index contributed by atoms with van der Waals surface area (Å²) in [4.78, 5) is 31.1. The number of rotatable bonds is 5. The van der Waals surface area contributed by atoms with E-state index in [1.54, 1.807) is 35.4 Å². The number of anilines is 1. The molecule has 0 saturated heterocycles. The Morgan fingerprint density at radius 2 is 2.00 bits per heavy atom. The van der Waals surface area contributed by atoms with E-state index in [4.69, 9.17) is 0 Å². The minimum Gasteiger partial charge on any atom is -0.349 e. The fourth-order valence-electron chi connectivity index (χ4n) is 2.87. The van der Waals surface area contributed by atoms with Gasteiger partial charge in [-0.3, -0.25) is 4.79 Å². The Labute approximate surface area is 167 Å². The van der Waals surface area contributed by atoms with Crippen LogP contribution in [0.1, 0.15) is 33.8 Å². The number of aromatic nitrogens is 1. The van der Waals surface area contributed by atoms with Crippen LogP contribution in [0.25, 0.3) is 10.2 Å². The molecule has 0 bridgehead atoms. The molecule has 1 aliphatic rings. The van der Waals surface area contributed by atoms with Gasteiger partial charge in [-0.25, -0.2) is 9.78 Å². The number of carbonyl (C=O) groups excluding carboxylic acids is 2. The van der Waals surface area contributed by atoms with Crippen molar-refractivity contribution in [1.29, 1.82) is 0 Å². The highest BCUT2D eigenvalue weighted by molar-refractivity contribution is 7.18. The van der Waals surface area contributed by atoms with Gasteiger partial charge >= 0.3 is 6.03 Å². The van der Waals surface area contributed by atoms with Crippen molar-refractivity contribution in [3.63, 3.8) is 0 Å². The molecule has 1 heterocycles. The van der Waals surface area contributed by atoms with E-state index in [9.17, 15) is 9.59 Å². The summed E-state index contributed by atoms with van der Waals surface area (Å²) < 4.78 is 1.11. The van der Waals surface area contributed by atoms with Gasteiger partial charge in [0.2, 0.25) is 0 Å². The molecule has 1 aromatic heterocycles. The smallest absolute Gasteiger partial charge is 0.321 e. The van der Waals surface area contributed by atoms with E-state index in [0.717, 1.165) is 33.6 Å². The highest BCUT2D eigenvalue weighted by Crippen LogP contribution is 2.24. The van der Waals surface area contributed by atoms with Crippen LogP contribution in [0, 0.1) is 6.92 Å². The largest absolute Gasteiger partial charge is 0.349 e. The lowest BCUT2D eigenvalue weighted by Crippen LogP contribution is -2.31. The summed E-state index contributed by atoms with van der Waals surface area (Å²) in [6, 6.07) is 13.4. The number of nitrogens with zero attached hydrogens (tertiary/aromatic N) is 2. The molecule has 0 spiro atoms. The van der Waals surface area contributed by atoms with Crippen LogP contribution in [-0.4, -0.2) is 34.9 Å². The normalized spacial score (nSPS) is 13.4. The van der Waals surface area contributed by atoms with Gasteiger partial charge in [-0.1, -0.05) is 18.2 Å². The van der Waals surface area contributed by atoms with Gasteiger partial charge in [0.15, 0.2) is 0 Å². The Morgan fingerprint density at radius 1 is 1.21 bits per heavy atom. The van der Waals surface area contributed by atoms with Gasteiger partial charge in [-0.15, -0.1) is 11.3 Å². The molecular weight excluding hydrogens is 372 g/mol. The molecule has 28 heavy (non-hydrogen) atoms. The van der Waals surface area contributed by atoms with Gasteiger partial charge in [-0.05, 0) is 49.6 Å². The zero-order chi connectivity index (χ0) is 19.7. The number of thiazole rings is 1. The second-order valence-corrected chi connectivity index (χ2v) is 8.25. The molecule has 0 aliphatic heterocycles. The number of aryl methyl sites for hydroxylation is 1. The minimum absolute atomic E-state index is 0.0965. The number of hydrogen-bond acceptors (Lipinski definition) is 4. The predicted molar refractivity (Wildman–Crippen MR) is 112 cm³/mol. The number of hydrogen-bond donors (Lipinski definition) is 2. The van der Waals surface area contributed by atoms with Crippen molar-refractivity contribution in [2.45, 2.75) is 32.4 Å². The summed E-state index contributed by atoms with van der Waals surface area (Å²) in [6.45, 7) is 2.33. The van der Waals surface area contributed by atoms with E-state index in [1.807, 2.05) is 37.3 Å². The number of amides is 3. The van der Waals surface area contributed by atoms with Crippen LogP contribution < -0.4 is 10.6 Å². The molecule has 1 fully saturated rings. The van der Waals surface area contributed by atoms with Gasteiger partial charge in [0.1, 0.15) is 5.01 Å². The zero-order valence-electron chi connectivity index (χ0n) is 15.9. The maximum atomic E-state index is 12.6. The monoisotopic (exact) mass is 394 g/mol. The lowest BCUT2D eigenvalue weighted by Gasteiger charge is -2.18. The lowest BCUT2D eigenvalue weighted by molar-refractivity contribution is 0.0951. The molecule has 3 aromatic rings. The third kappa shape index (κ3) is 4.14. The highest BCUT2D eigenvalue weighted by Gasteiger charge is 2.24. The third-order valence-corrected chi connectivity index (χ3v) is 5.73. The molecule has 2 aromatic carbocycles. The first kappa shape index (κ1) is 18.4. The Hall–Kier alpha value is -2.93. The van der Waals surface area contributed by atoms with E-state index in [-0.39, 0.29) is 11.9 Å². The quantitative estimate of drug-likeness (QED) is 0.682. The van der Waals surface area contributed by atoms with Crippen molar-refractivity contribution in [3.8, 4) is 0 Å². The molecule has 7 heteroatoms. The van der Waals surface area contributed by atoms with E-state index < -0.39 is 0 Å². The summed E-state index contributed by atoms with van der Waals surface area (Å²) in [5, 5.41) is 6.76. The highest BCUT2D eigenvalue weighted by atomic mass is 32.1. The molecule has 0 atom stereocenters. The molecule has 6 nitrogen and oxygen atoms in total. The van der Waals surface area contributed by atoms with E-state index >= 15 is 0 Å². The van der Waals surface area contributed by atoms with Gasteiger partial charge < -0.3 is 15.5 Å². The maximum Gasteiger partial charge on any atom is 0.321 e. The molecule has 1 saturated carbocycles. The average Bonchev–Trinajstić information content (AvgIpc) is 3.39. The predicted octanol–water partition coefficient (Wildman–Crippen LogP) is 4.16. The van der Waals surface area contributed by atoms with E-state index in [1.165, 1.54) is 0 Å². The lowest BCUT2D eigenvalue weighted by atomic mass is 10.1. The number of nitrogens with one attached hydrogen (secondary N) is 2. The Balaban J connectivity index is 1.43. The zero-order valence-corrected chi connectivity index (χ0v) is 16.7. The van der Waals surface area contributed by atoms with Crippen molar-refractivity contribution in [2.75, 3.05) is 12.4 Å². The van der Waals surface area contributed by atoms with Crippen molar-refractivity contribution in [3.05, 3.63) is 58.6 Å². The van der Waals surface area contributed by atoms with Crippen LogP contribution in [0.15, 0.2) is 42.5 Å². The van der Waals surface area contributed by atoms with Crippen LogP contribution >= 0.6 is 11.3 Å². The van der Waals surface area contributed by atoms with Gasteiger partial charge in [-0.2, -0.15) is 0 Å². The fraction of sp³-hybridized carbons (Fsp3) is 0.286. The number of benzene rings is 2. The Morgan fingerprint density at radius 3 is 2.75 bits per heavy atom. The number of para-hydroxylation sites is 1.